The smallest absolute Gasteiger partial charge is 0.257 e. The van der Waals surface area contributed by atoms with E-state index < -0.39 is 0 Å². The Kier molecular flexibility index (Phi) is 4.25. The van der Waals surface area contributed by atoms with E-state index in [0.29, 0.717) is 40.9 Å². The third-order valence-corrected chi connectivity index (χ3v) is 6.80. The Hall–Kier alpha value is -3.39. The predicted molar refractivity (Wildman–Crippen MR) is 114 cm³/mol. The third kappa shape index (κ3) is 2.83. The van der Waals surface area contributed by atoms with E-state index in [1.54, 1.807) is 25.1 Å². The molecule has 1 amide bonds. The molecule has 2 fully saturated rings. The van der Waals surface area contributed by atoms with Crippen LogP contribution in [0.1, 0.15) is 35.2 Å². The van der Waals surface area contributed by atoms with Gasteiger partial charge >= 0.3 is 0 Å². The highest BCUT2D eigenvalue weighted by Gasteiger charge is 2.55. The molecule has 2 aromatic carbocycles. The fourth-order valence-corrected chi connectivity index (χ4v) is 4.75. The summed E-state index contributed by atoms with van der Waals surface area (Å²) < 4.78 is 6.20. The average molecular weight is 398 g/mol. The Bertz CT molecular complexity index is 1250. The van der Waals surface area contributed by atoms with Crippen molar-refractivity contribution < 1.29 is 9.21 Å². The van der Waals surface area contributed by atoms with Crippen LogP contribution >= 0.6 is 0 Å². The van der Waals surface area contributed by atoms with Crippen LogP contribution in [0.4, 0.5) is 0 Å². The first kappa shape index (κ1) is 18.6. The summed E-state index contributed by atoms with van der Waals surface area (Å²) in [7, 11) is 0. The second-order valence-corrected chi connectivity index (χ2v) is 8.47. The van der Waals surface area contributed by atoms with Crippen LogP contribution in [0.5, 0.6) is 0 Å². The number of nitriles is 1. The zero-order chi connectivity index (χ0) is 20.9. The normalized spacial score (nSPS) is 19.6. The molecule has 2 heterocycles. The van der Waals surface area contributed by atoms with E-state index in [0.717, 1.165) is 24.8 Å². The molecule has 1 aliphatic carbocycles. The summed E-state index contributed by atoms with van der Waals surface area (Å²) in [5.41, 5.74) is 2.12. The third-order valence-electron chi connectivity index (χ3n) is 6.80. The van der Waals surface area contributed by atoms with Crippen LogP contribution in [-0.4, -0.2) is 23.9 Å². The summed E-state index contributed by atoms with van der Waals surface area (Å²) in [5.74, 6) is 0.526. The van der Waals surface area contributed by atoms with E-state index in [1.807, 2.05) is 35.2 Å². The number of carbonyl (C=O) groups excluding carboxylic acids is 1. The van der Waals surface area contributed by atoms with Crippen molar-refractivity contribution in [3.05, 3.63) is 69.9 Å². The van der Waals surface area contributed by atoms with Gasteiger partial charge in [-0.15, -0.1) is 0 Å². The van der Waals surface area contributed by atoms with E-state index >= 15 is 0 Å². The van der Waals surface area contributed by atoms with Crippen LogP contribution in [0.3, 0.4) is 0 Å². The van der Waals surface area contributed by atoms with Gasteiger partial charge in [-0.2, -0.15) is 5.26 Å². The van der Waals surface area contributed by atoms with Crippen molar-refractivity contribution in [2.75, 3.05) is 13.1 Å². The molecule has 2 aliphatic rings. The lowest BCUT2D eigenvalue weighted by molar-refractivity contribution is 0.0674. The molecule has 0 N–H and O–H groups in total. The fourth-order valence-electron chi connectivity index (χ4n) is 4.75. The molecule has 30 heavy (non-hydrogen) atoms. The molecule has 1 atom stereocenters. The van der Waals surface area contributed by atoms with Gasteiger partial charge in [0.05, 0.1) is 22.9 Å². The number of benzene rings is 2. The SMILES string of the molecule is Cc1c(-c2ccccc2)oc2c(C(=O)N3CCC4(CC3)CC4C#N)cccc2c1=O. The van der Waals surface area contributed by atoms with Gasteiger partial charge in [0.25, 0.3) is 5.91 Å². The molecule has 1 saturated carbocycles. The Morgan fingerprint density at radius 2 is 1.87 bits per heavy atom. The van der Waals surface area contributed by atoms with Crippen LogP contribution in [0.15, 0.2) is 57.7 Å². The van der Waals surface area contributed by atoms with Gasteiger partial charge in [0.1, 0.15) is 5.76 Å². The Morgan fingerprint density at radius 1 is 1.13 bits per heavy atom. The van der Waals surface area contributed by atoms with Crippen LogP contribution in [-0.2, 0) is 0 Å². The van der Waals surface area contributed by atoms with Crippen LogP contribution in [0.2, 0.25) is 0 Å². The fraction of sp³-hybridized carbons (Fsp3) is 0.320. The Labute approximate surface area is 174 Å². The summed E-state index contributed by atoms with van der Waals surface area (Å²) in [6, 6.07) is 17.1. The molecule has 150 valence electrons. The highest BCUT2D eigenvalue weighted by molar-refractivity contribution is 6.05. The molecule has 5 rings (SSSR count). The zero-order valence-electron chi connectivity index (χ0n) is 16.9. The Balaban J connectivity index is 1.54. The maximum absolute atomic E-state index is 13.3. The van der Waals surface area contributed by atoms with E-state index in [4.69, 9.17) is 4.42 Å². The molecular weight excluding hydrogens is 376 g/mol. The minimum atomic E-state index is -0.115. The van der Waals surface area contributed by atoms with Crippen molar-refractivity contribution in [2.45, 2.75) is 26.2 Å². The minimum Gasteiger partial charge on any atom is -0.455 e. The van der Waals surface area contributed by atoms with Crippen LogP contribution in [0.25, 0.3) is 22.3 Å². The number of rotatable bonds is 2. The van der Waals surface area contributed by atoms with E-state index in [2.05, 4.69) is 6.07 Å². The highest BCUT2D eigenvalue weighted by Crippen LogP contribution is 2.59. The summed E-state index contributed by atoms with van der Waals surface area (Å²) in [6.07, 6.45) is 2.68. The van der Waals surface area contributed by atoms with E-state index in [9.17, 15) is 14.9 Å². The number of nitrogens with zero attached hydrogens (tertiary/aromatic N) is 2. The van der Waals surface area contributed by atoms with Gasteiger partial charge in [-0.05, 0) is 43.7 Å². The quantitative estimate of drug-likeness (QED) is 0.635. The van der Waals surface area contributed by atoms with Crippen molar-refractivity contribution in [1.29, 1.82) is 5.26 Å². The van der Waals surface area contributed by atoms with Gasteiger partial charge in [-0.3, -0.25) is 9.59 Å². The van der Waals surface area contributed by atoms with Gasteiger partial charge in [0.2, 0.25) is 0 Å². The number of piperidine rings is 1. The summed E-state index contributed by atoms with van der Waals surface area (Å²) in [4.78, 5) is 28.2. The molecule has 0 radical (unpaired) electrons. The number of hydrogen-bond acceptors (Lipinski definition) is 4. The second-order valence-electron chi connectivity index (χ2n) is 8.47. The molecule has 1 unspecified atom stereocenters. The molecule has 1 aromatic heterocycles. The van der Waals surface area contributed by atoms with Crippen LogP contribution in [0, 0.1) is 29.6 Å². The molecule has 3 aromatic rings. The number of likely N-dealkylation sites (tertiary alicyclic amines) is 1. The largest absolute Gasteiger partial charge is 0.455 e. The minimum absolute atomic E-state index is 0.114. The molecule has 5 heteroatoms. The monoisotopic (exact) mass is 398 g/mol. The topological polar surface area (TPSA) is 74.3 Å². The van der Waals surface area contributed by atoms with Crippen molar-refractivity contribution in [3.8, 4) is 17.4 Å². The standard InChI is InChI=1S/C25H22N2O3/c1-16-21(28)19-8-5-9-20(23(19)30-22(16)17-6-3-2-4-7-17)24(29)27-12-10-25(11-13-27)14-18(25)15-26/h2-9,18H,10-14H2,1H3. The van der Waals surface area contributed by atoms with Gasteiger partial charge in [-0.1, -0.05) is 36.4 Å². The van der Waals surface area contributed by atoms with Gasteiger partial charge in [0, 0.05) is 24.2 Å². The number of amides is 1. The second kappa shape index (κ2) is 6.84. The zero-order valence-corrected chi connectivity index (χ0v) is 16.9. The van der Waals surface area contributed by atoms with E-state index in [-0.39, 0.29) is 22.7 Å². The van der Waals surface area contributed by atoms with Crippen molar-refractivity contribution >= 4 is 16.9 Å². The molecular formula is C25H22N2O3. The Morgan fingerprint density at radius 3 is 2.53 bits per heavy atom. The van der Waals surface area contributed by atoms with Gasteiger partial charge < -0.3 is 9.32 Å². The maximum atomic E-state index is 13.3. The maximum Gasteiger partial charge on any atom is 0.257 e. The van der Waals surface area contributed by atoms with Crippen molar-refractivity contribution in [3.63, 3.8) is 0 Å². The predicted octanol–water partition coefficient (Wildman–Crippen LogP) is 4.53. The van der Waals surface area contributed by atoms with Gasteiger partial charge in [0.15, 0.2) is 11.0 Å². The van der Waals surface area contributed by atoms with E-state index in [1.165, 1.54) is 0 Å². The average Bonchev–Trinajstić information content (AvgIpc) is 3.48. The first-order valence-corrected chi connectivity index (χ1v) is 10.3. The van der Waals surface area contributed by atoms with Gasteiger partial charge in [-0.25, -0.2) is 0 Å². The molecule has 1 spiro atoms. The lowest BCUT2D eigenvalue weighted by Crippen LogP contribution is -2.39. The number of para-hydroxylation sites is 1. The van der Waals surface area contributed by atoms with Crippen LogP contribution < -0.4 is 5.43 Å². The van der Waals surface area contributed by atoms with Crippen molar-refractivity contribution in [1.82, 2.24) is 4.90 Å². The first-order chi connectivity index (χ1) is 14.5. The van der Waals surface area contributed by atoms with Crippen molar-refractivity contribution in [2.24, 2.45) is 11.3 Å². The molecule has 1 saturated heterocycles. The first-order valence-electron chi connectivity index (χ1n) is 10.3. The molecule has 5 nitrogen and oxygen atoms in total. The number of carbonyl (C=O) groups is 1. The summed E-state index contributed by atoms with van der Waals surface area (Å²) in [5, 5.41) is 9.62. The lowest BCUT2D eigenvalue weighted by atomic mass is 9.90. The number of hydrogen-bond donors (Lipinski definition) is 0. The molecule has 1 aliphatic heterocycles. The number of fused-ring (bicyclic) bond motifs is 1. The highest BCUT2D eigenvalue weighted by atomic mass is 16.3. The lowest BCUT2D eigenvalue weighted by Gasteiger charge is -2.32. The summed E-state index contributed by atoms with van der Waals surface area (Å²) in [6.45, 7) is 3.03. The summed E-state index contributed by atoms with van der Waals surface area (Å²) >= 11 is 0. The molecule has 0 bridgehead atoms.